The van der Waals surface area contributed by atoms with Crippen LogP contribution in [0.1, 0.15) is 12.0 Å². The van der Waals surface area contributed by atoms with Crippen LogP contribution in [0.2, 0.25) is 0 Å². The maximum Gasteiger partial charge on any atom is 0.223 e. The van der Waals surface area contributed by atoms with E-state index in [1.807, 2.05) is 30.3 Å². The second-order valence-corrected chi connectivity index (χ2v) is 3.94. The summed E-state index contributed by atoms with van der Waals surface area (Å²) in [6.45, 7) is 0. The second kappa shape index (κ2) is 5.51. The number of carbonyl (C=O) groups excluding carboxylic acids is 1. The number of hydrogen-bond donors (Lipinski definition) is 1. The lowest BCUT2D eigenvalue weighted by atomic mass is 10.0. The molecule has 0 saturated carbocycles. The predicted octanol–water partition coefficient (Wildman–Crippen LogP) is 1.03. The van der Waals surface area contributed by atoms with E-state index in [4.69, 9.17) is 5.73 Å². The number of amides is 1. The van der Waals surface area contributed by atoms with Crippen LogP contribution in [0, 0.1) is 0 Å². The van der Waals surface area contributed by atoms with Gasteiger partial charge >= 0.3 is 0 Å². The van der Waals surface area contributed by atoms with Crippen LogP contribution < -0.4 is 5.73 Å². The first-order chi connectivity index (χ1) is 7.09. The number of rotatable bonds is 4. The van der Waals surface area contributed by atoms with E-state index >= 15 is 0 Å². The fourth-order valence-corrected chi connectivity index (χ4v) is 1.40. The molecule has 2 N–H and O–H groups in total. The summed E-state index contributed by atoms with van der Waals surface area (Å²) in [7, 11) is 3.50. The molecule has 3 heteroatoms. The molecule has 0 aliphatic rings. The Hall–Kier alpha value is -1.35. The monoisotopic (exact) mass is 206 g/mol. The lowest BCUT2D eigenvalue weighted by Crippen LogP contribution is -2.32. The lowest BCUT2D eigenvalue weighted by molar-refractivity contribution is -0.129. The lowest BCUT2D eigenvalue weighted by Gasteiger charge is -2.15. The number of benzene rings is 1. The van der Waals surface area contributed by atoms with Gasteiger partial charge in [0.25, 0.3) is 0 Å². The molecule has 0 aromatic heterocycles. The standard InChI is InChI=1S/C12H18N2O/c1-14(2)12(15)9-11(13)8-10-6-4-3-5-7-10/h3-7,11H,8-9,13H2,1-2H3. The minimum atomic E-state index is -0.0951. The van der Waals surface area contributed by atoms with Crippen LogP contribution in [0.5, 0.6) is 0 Å². The zero-order valence-electron chi connectivity index (χ0n) is 9.31. The van der Waals surface area contributed by atoms with E-state index in [0.717, 1.165) is 6.42 Å². The Kier molecular flexibility index (Phi) is 4.31. The Morgan fingerprint density at radius 3 is 2.47 bits per heavy atom. The summed E-state index contributed by atoms with van der Waals surface area (Å²) in [6.07, 6.45) is 1.16. The molecule has 1 unspecified atom stereocenters. The first kappa shape index (κ1) is 11.7. The summed E-state index contributed by atoms with van der Waals surface area (Å²) in [6, 6.07) is 9.90. The van der Waals surface area contributed by atoms with Gasteiger partial charge in [0.15, 0.2) is 0 Å². The maximum atomic E-state index is 11.4. The third-order valence-electron chi connectivity index (χ3n) is 2.28. The molecular formula is C12H18N2O. The fraction of sp³-hybridized carbons (Fsp3) is 0.417. The minimum Gasteiger partial charge on any atom is -0.349 e. The Labute approximate surface area is 90.9 Å². The van der Waals surface area contributed by atoms with E-state index in [9.17, 15) is 4.79 Å². The molecule has 0 saturated heterocycles. The van der Waals surface area contributed by atoms with Gasteiger partial charge in [0.05, 0.1) is 0 Å². The highest BCUT2D eigenvalue weighted by molar-refractivity contribution is 5.76. The number of nitrogens with two attached hydrogens (primary N) is 1. The Morgan fingerprint density at radius 1 is 1.33 bits per heavy atom. The van der Waals surface area contributed by atoms with Crippen LogP contribution in [0.4, 0.5) is 0 Å². The third kappa shape index (κ3) is 4.13. The molecule has 1 amide bonds. The van der Waals surface area contributed by atoms with E-state index in [-0.39, 0.29) is 11.9 Å². The number of hydrogen-bond acceptors (Lipinski definition) is 2. The molecule has 1 aromatic rings. The van der Waals surface area contributed by atoms with Crippen molar-refractivity contribution in [1.29, 1.82) is 0 Å². The van der Waals surface area contributed by atoms with Crippen molar-refractivity contribution in [2.75, 3.05) is 14.1 Å². The van der Waals surface area contributed by atoms with Gasteiger partial charge in [-0.25, -0.2) is 0 Å². The van der Waals surface area contributed by atoms with Gasteiger partial charge in [-0.3, -0.25) is 4.79 Å². The van der Waals surface area contributed by atoms with Gasteiger partial charge in [-0.2, -0.15) is 0 Å². The van der Waals surface area contributed by atoms with Crippen molar-refractivity contribution in [2.45, 2.75) is 18.9 Å². The van der Waals surface area contributed by atoms with Crippen LogP contribution in [0.15, 0.2) is 30.3 Å². The smallest absolute Gasteiger partial charge is 0.223 e. The largest absolute Gasteiger partial charge is 0.349 e. The number of carbonyl (C=O) groups is 1. The molecule has 82 valence electrons. The third-order valence-corrected chi connectivity index (χ3v) is 2.28. The summed E-state index contributed by atoms with van der Waals surface area (Å²) in [5, 5.41) is 0. The first-order valence-electron chi connectivity index (χ1n) is 5.09. The second-order valence-electron chi connectivity index (χ2n) is 3.94. The highest BCUT2D eigenvalue weighted by atomic mass is 16.2. The van der Waals surface area contributed by atoms with Gasteiger partial charge in [0.1, 0.15) is 0 Å². The minimum absolute atomic E-state index is 0.0819. The SMILES string of the molecule is CN(C)C(=O)CC(N)Cc1ccccc1. The predicted molar refractivity (Wildman–Crippen MR) is 61.4 cm³/mol. The molecule has 0 bridgehead atoms. The van der Waals surface area contributed by atoms with E-state index in [1.54, 1.807) is 19.0 Å². The van der Waals surface area contributed by atoms with Crippen LogP contribution in [0.25, 0.3) is 0 Å². The van der Waals surface area contributed by atoms with Gasteiger partial charge < -0.3 is 10.6 Å². The molecule has 0 aliphatic carbocycles. The average Bonchev–Trinajstić information content (AvgIpc) is 2.18. The van der Waals surface area contributed by atoms with E-state index in [2.05, 4.69) is 0 Å². The van der Waals surface area contributed by atoms with E-state index < -0.39 is 0 Å². The van der Waals surface area contributed by atoms with Crippen LogP contribution in [0.3, 0.4) is 0 Å². The van der Waals surface area contributed by atoms with Gasteiger partial charge in [-0.05, 0) is 12.0 Å². The topological polar surface area (TPSA) is 46.3 Å². The molecule has 0 aliphatic heterocycles. The average molecular weight is 206 g/mol. The summed E-state index contributed by atoms with van der Waals surface area (Å²) >= 11 is 0. The maximum absolute atomic E-state index is 11.4. The Morgan fingerprint density at radius 2 is 1.93 bits per heavy atom. The molecule has 0 heterocycles. The summed E-state index contributed by atoms with van der Waals surface area (Å²) < 4.78 is 0. The molecule has 0 fully saturated rings. The highest BCUT2D eigenvalue weighted by Crippen LogP contribution is 2.04. The quantitative estimate of drug-likeness (QED) is 0.800. The summed E-state index contributed by atoms with van der Waals surface area (Å²) in [5.74, 6) is 0.0819. The van der Waals surface area contributed by atoms with Gasteiger partial charge in [-0.15, -0.1) is 0 Å². The van der Waals surface area contributed by atoms with Crippen molar-refractivity contribution < 1.29 is 4.79 Å². The Balaban J connectivity index is 2.43. The highest BCUT2D eigenvalue weighted by Gasteiger charge is 2.11. The van der Waals surface area contributed by atoms with Gasteiger partial charge in [0.2, 0.25) is 5.91 Å². The van der Waals surface area contributed by atoms with E-state index in [0.29, 0.717) is 6.42 Å². The molecule has 0 radical (unpaired) electrons. The van der Waals surface area contributed by atoms with Crippen molar-refractivity contribution in [3.63, 3.8) is 0 Å². The van der Waals surface area contributed by atoms with E-state index in [1.165, 1.54) is 5.56 Å². The van der Waals surface area contributed by atoms with Crippen LogP contribution in [-0.4, -0.2) is 30.9 Å². The molecule has 1 aromatic carbocycles. The van der Waals surface area contributed by atoms with Gasteiger partial charge in [-0.1, -0.05) is 30.3 Å². The van der Waals surface area contributed by atoms with Crippen molar-refractivity contribution >= 4 is 5.91 Å². The van der Waals surface area contributed by atoms with Crippen molar-refractivity contribution in [3.8, 4) is 0 Å². The van der Waals surface area contributed by atoms with Crippen LogP contribution >= 0.6 is 0 Å². The molecule has 3 nitrogen and oxygen atoms in total. The van der Waals surface area contributed by atoms with Crippen molar-refractivity contribution in [2.24, 2.45) is 5.73 Å². The molecule has 0 spiro atoms. The summed E-state index contributed by atoms with van der Waals surface area (Å²) in [5.41, 5.74) is 7.07. The first-order valence-corrected chi connectivity index (χ1v) is 5.09. The number of nitrogens with zero attached hydrogens (tertiary/aromatic N) is 1. The Bertz CT molecular complexity index is 309. The van der Waals surface area contributed by atoms with Crippen molar-refractivity contribution in [3.05, 3.63) is 35.9 Å². The zero-order valence-corrected chi connectivity index (χ0v) is 9.31. The van der Waals surface area contributed by atoms with Crippen LogP contribution in [-0.2, 0) is 11.2 Å². The normalized spacial score (nSPS) is 12.2. The van der Waals surface area contributed by atoms with Crippen molar-refractivity contribution in [1.82, 2.24) is 4.90 Å². The zero-order chi connectivity index (χ0) is 11.3. The molecule has 1 atom stereocenters. The summed E-state index contributed by atoms with van der Waals surface area (Å²) in [4.78, 5) is 13.0. The fourth-order valence-electron chi connectivity index (χ4n) is 1.40. The molecular weight excluding hydrogens is 188 g/mol. The molecule has 15 heavy (non-hydrogen) atoms. The van der Waals surface area contributed by atoms with Gasteiger partial charge in [0, 0.05) is 26.6 Å². The molecule has 1 rings (SSSR count).